The smallest absolute Gasteiger partial charge is 0.418 e. The van der Waals surface area contributed by atoms with E-state index in [2.05, 4.69) is 15.9 Å². The monoisotopic (exact) mass is 594 g/mol. The van der Waals surface area contributed by atoms with Gasteiger partial charge in [-0.1, -0.05) is 84.4 Å². The molecule has 1 aliphatic heterocycles. The van der Waals surface area contributed by atoms with E-state index >= 15 is 0 Å². The maximum atomic E-state index is 14.2. The van der Waals surface area contributed by atoms with Crippen LogP contribution in [0.4, 0.5) is 18.9 Å². The molecule has 1 heterocycles. The highest BCUT2D eigenvalue weighted by Gasteiger charge is 2.48. The topological polar surface area (TPSA) is 64.4 Å². The Balaban J connectivity index is 1.89. The van der Waals surface area contributed by atoms with Crippen LogP contribution in [0.1, 0.15) is 49.3 Å². The Hall–Kier alpha value is -3.65. The zero-order valence-corrected chi connectivity index (χ0v) is 22.9. The van der Waals surface area contributed by atoms with Crippen molar-refractivity contribution in [3.8, 4) is 0 Å². The third kappa shape index (κ3) is 4.93. The second-order valence-electron chi connectivity index (χ2n) is 10.6. The van der Waals surface area contributed by atoms with Crippen LogP contribution in [0.25, 0.3) is 5.76 Å². The first-order valence-electron chi connectivity index (χ1n) is 12.4. The fraction of sp³-hybridized carbons (Fsp3) is 0.226. The normalized spacial score (nSPS) is 20.7. The van der Waals surface area contributed by atoms with Gasteiger partial charge in [0, 0.05) is 39.2 Å². The highest BCUT2D eigenvalue weighted by atomic mass is 79.9. The minimum absolute atomic E-state index is 0.0762. The Bertz CT molecular complexity index is 1520. The number of halogens is 4. The summed E-state index contributed by atoms with van der Waals surface area (Å²) in [4.78, 5) is 15.1. The van der Waals surface area contributed by atoms with Gasteiger partial charge in [-0.25, -0.2) is 0 Å². The van der Waals surface area contributed by atoms with Crippen molar-refractivity contribution in [1.82, 2.24) is 0 Å². The number of carbonyl (C=O) groups is 1. The molecule has 1 aliphatic carbocycles. The molecule has 3 aromatic carbocycles. The lowest BCUT2D eigenvalue weighted by atomic mass is 9.67. The van der Waals surface area contributed by atoms with E-state index in [9.17, 15) is 28.5 Å². The average Bonchev–Trinajstić information content (AvgIpc) is 2.87. The lowest BCUT2D eigenvalue weighted by molar-refractivity contribution is -0.137. The quantitative estimate of drug-likeness (QED) is 0.298. The van der Waals surface area contributed by atoms with Crippen molar-refractivity contribution >= 4 is 39.0 Å². The number of ketones is 1. The molecule has 0 amide bonds. The second-order valence-corrected chi connectivity index (χ2v) is 11.5. The summed E-state index contributed by atoms with van der Waals surface area (Å²) in [6, 6.07) is 20.8. The average molecular weight is 595 g/mol. The van der Waals surface area contributed by atoms with Crippen molar-refractivity contribution in [3.05, 3.63) is 117 Å². The summed E-state index contributed by atoms with van der Waals surface area (Å²) in [7, 11) is 0. The number of anilines is 1. The van der Waals surface area contributed by atoms with Gasteiger partial charge in [-0.3, -0.25) is 15.1 Å². The molecule has 5 rings (SSSR count). The third-order valence-corrected chi connectivity index (χ3v) is 7.71. The van der Waals surface area contributed by atoms with Gasteiger partial charge in [-0.15, -0.1) is 0 Å². The fourth-order valence-electron chi connectivity index (χ4n) is 5.53. The van der Waals surface area contributed by atoms with Crippen molar-refractivity contribution in [2.45, 2.75) is 38.8 Å². The van der Waals surface area contributed by atoms with E-state index in [0.29, 0.717) is 22.4 Å². The number of hydrogen-bond donors (Lipinski definition) is 2. The molecule has 39 heavy (non-hydrogen) atoms. The number of allylic oxidation sites excluding steroid dienone is 2. The molecule has 2 aliphatic rings. The molecule has 0 fully saturated rings. The Morgan fingerprint density at radius 2 is 1.59 bits per heavy atom. The summed E-state index contributed by atoms with van der Waals surface area (Å²) in [6.07, 6.45) is -4.21. The number of carbonyl (C=O) groups excluding carboxylic acids is 1. The summed E-state index contributed by atoms with van der Waals surface area (Å²) in [5.74, 6) is -1.61. The zero-order chi connectivity index (χ0) is 28.1. The standard InChI is InChI=1S/C31H26BrF3N2O2/c1-30(2)16-23-26(24(38)17-30)25(18-12-14-20(32)15-13-18)27(28(39)19-8-4-3-5-9-19)29(36)37(23)22-11-7-6-10-21(22)31(33,34)35/h3-15,25,36,39H,16-17H2,1-2H3/t25-/m1/s1. The first-order valence-corrected chi connectivity index (χ1v) is 13.2. The van der Waals surface area contributed by atoms with Gasteiger partial charge >= 0.3 is 6.18 Å². The lowest BCUT2D eigenvalue weighted by Gasteiger charge is -2.45. The minimum atomic E-state index is -4.69. The van der Waals surface area contributed by atoms with Crippen molar-refractivity contribution in [3.63, 3.8) is 0 Å². The highest BCUT2D eigenvalue weighted by molar-refractivity contribution is 9.10. The lowest BCUT2D eigenvalue weighted by Crippen LogP contribution is -2.45. The van der Waals surface area contributed by atoms with E-state index in [1.165, 1.54) is 23.1 Å². The molecule has 0 bridgehead atoms. The number of alkyl halides is 3. The number of nitrogens with zero attached hydrogens (tertiary/aromatic N) is 1. The number of aliphatic hydroxyl groups is 1. The van der Waals surface area contributed by atoms with Gasteiger partial charge < -0.3 is 5.11 Å². The van der Waals surface area contributed by atoms with Gasteiger partial charge in [-0.05, 0) is 41.7 Å². The van der Waals surface area contributed by atoms with Crippen LogP contribution in [-0.2, 0) is 11.0 Å². The summed E-state index contributed by atoms with van der Waals surface area (Å²) < 4.78 is 43.5. The molecule has 2 N–H and O–H groups in total. The SMILES string of the molecule is CC1(C)CC(=O)C2=C(C1)N(c1ccccc1C(F)(F)F)C(=N)C(=C(O)c1ccccc1)[C@@H]2c1ccc(Br)cc1. The first kappa shape index (κ1) is 26.9. The molecule has 0 saturated carbocycles. The van der Waals surface area contributed by atoms with E-state index in [1.54, 1.807) is 54.6 Å². The molecule has 0 spiro atoms. The number of Topliss-reactive ketones (excluding diaryl/α,β-unsaturated/α-hetero) is 1. The number of rotatable bonds is 3. The largest absolute Gasteiger partial charge is 0.507 e. The molecule has 1 atom stereocenters. The number of amidine groups is 1. The predicted octanol–water partition coefficient (Wildman–Crippen LogP) is 8.66. The fourth-order valence-corrected chi connectivity index (χ4v) is 5.79. The number of para-hydroxylation sites is 1. The van der Waals surface area contributed by atoms with Crippen LogP contribution in [0.2, 0.25) is 0 Å². The van der Waals surface area contributed by atoms with Crippen LogP contribution < -0.4 is 4.90 Å². The summed E-state index contributed by atoms with van der Waals surface area (Å²) in [6.45, 7) is 3.79. The summed E-state index contributed by atoms with van der Waals surface area (Å²) in [5.41, 5.74) is 0.0959. The van der Waals surface area contributed by atoms with Gasteiger partial charge in [0.05, 0.1) is 11.3 Å². The van der Waals surface area contributed by atoms with Crippen molar-refractivity contribution in [1.29, 1.82) is 5.41 Å². The third-order valence-electron chi connectivity index (χ3n) is 7.18. The molecule has 0 unspecified atom stereocenters. The molecule has 4 nitrogen and oxygen atoms in total. The van der Waals surface area contributed by atoms with Crippen molar-refractivity contribution < 1.29 is 23.1 Å². The van der Waals surface area contributed by atoms with E-state index in [0.717, 1.165) is 10.5 Å². The van der Waals surface area contributed by atoms with Crippen LogP contribution >= 0.6 is 15.9 Å². The molecular formula is C31H26BrF3N2O2. The van der Waals surface area contributed by atoms with Crippen LogP contribution in [0.3, 0.4) is 0 Å². The van der Waals surface area contributed by atoms with Gasteiger partial charge in [0.25, 0.3) is 0 Å². The van der Waals surface area contributed by atoms with E-state index in [4.69, 9.17) is 0 Å². The zero-order valence-electron chi connectivity index (χ0n) is 21.3. The van der Waals surface area contributed by atoms with Gasteiger partial charge in [0.15, 0.2) is 5.78 Å². The Labute approximate surface area is 233 Å². The van der Waals surface area contributed by atoms with E-state index in [1.807, 2.05) is 13.8 Å². The molecule has 8 heteroatoms. The van der Waals surface area contributed by atoms with Crippen molar-refractivity contribution in [2.75, 3.05) is 4.90 Å². The van der Waals surface area contributed by atoms with Gasteiger partial charge in [0.1, 0.15) is 11.6 Å². The summed E-state index contributed by atoms with van der Waals surface area (Å²) >= 11 is 3.43. The molecule has 3 aromatic rings. The molecular weight excluding hydrogens is 569 g/mol. The maximum absolute atomic E-state index is 14.2. The Morgan fingerprint density at radius 3 is 2.23 bits per heavy atom. The minimum Gasteiger partial charge on any atom is -0.507 e. The van der Waals surface area contributed by atoms with Gasteiger partial charge in [0.2, 0.25) is 0 Å². The molecule has 0 radical (unpaired) electrons. The van der Waals surface area contributed by atoms with Crippen LogP contribution in [0.5, 0.6) is 0 Å². The molecule has 200 valence electrons. The Morgan fingerprint density at radius 1 is 0.974 bits per heavy atom. The summed E-state index contributed by atoms with van der Waals surface area (Å²) in [5, 5.41) is 21.0. The predicted molar refractivity (Wildman–Crippen MR) is 150 cm³/mol. The van der Waals surface area contributed by atoms with E-state index < -0.39 is 23.1 Å². The molecule has 0 aromatic heterocycles. The molecule has 0 saturated heterocycles. The first-order chi connectivity index (χ1) is 18.4. The number of hydrogen-bond acceptors (Lipinski definition) is 3. The van der Waals surface area contributed by atoms with Crippen LogP contribution in [0, 0.1) is 10.8 Å². The van der Waals surface area contributed by atoms with Crippen molar-refractivity contribution in [2.24, 2.45) is 5.41 Å². The van der Waals surface area contributed by atoms with E-state index in [-0.39, 0.29) is 41.5 Å². The second kappa shape index (κ2) is 9.83. The maximum Gasteiger partial charge on any atom is 0.418 e. The Kier molecular flexibility index (Phi) is 6.79. The van der Waals surface area contributed by atoms with Crippen LogP contribution in [-0.4, -0.2) is 16.7 Å². The number of benzene rings is 3. The van der Waals surface area contributed by atoms with Crippen LogP contribution in [0.15, 0.2) is 100 Å². The highest BCUT2D eigenvalue weighted by Crippen LogP contribution is 2.52. The van der Waals surface area contributed by atoms with Gasteiger partial charge in [-0.2, -0.15) is 13.2 Å². The number of aliphatic hydroxyl groups excluding tert-OH is 1. The number of nitrogens with one attached hydrogen (secondary N) is 1.